The van der Waals surface area contributed by atoms with Gasteiger partial charge in [0.25, 0.3) is 5.56 Å². The highest BCUT2D eigenvalue weighted by atomic mass is 16.5. The maximum absolute atomic E-state index is 11.9. The molecular weight excluding hydrogens is 280 g/mol. The van der Waals surface area contributed by atoms with E-state index in [4.69, 9.17) is 9.84 Å². The van der Waals surface area contributed by atoms with Gasteiger partial charge in [-0.25, -0.2) is 4.98 Å². The van der Waals surface area contributed by atoms with Crippen molar-refractivity contribution in [2.75, 3.05) is 13.2 Å². The van der Waals surface area contributed by atoms with Crippen LogP contribution in [0.25, 0.3) is 0 Å². The van der Waals surface area contributed by atoms with Crippen LogP contribution in [0.2, 0.25) is 0 Å². The summed E-state index contributed by atoms with van der Waals surface area (Å²) in [5.41, 5.74) is 3.27. The summed E-state index contributed by atoms with van der Waals surface area (Å²) in [5.74, 6) is 1.46. The summed E-state index contributed by atoms with van der Waals surface area (Å²) >= 11 is 0. The highest BCUT2D eigenvalue weighted by Crippen LogP contribution is 2.19. The molecular formula is C17H22N2O3. The van der Waals surface area contributed by atoms with Crippen molar-refractivity contribution in [2.45, 2.75) is 33.6 Å². The number of nitrogens with zero attached hydrogens (tertiary/aromatic N) is 1. The van der Waals surface area contributed by atoms with Crippen LogP contribution in [-0.2, 0) is 12.8 Å². The van der Waals surface area contributed by atoms with Gasteiger partial charge in [0.15, 0.2) is 0 Å². The second-order valence-corrected chi connectivity index (χ2v) is 5.42. The van der Waals surface area contributed by atoms with Crippen molar-refractivity contribution in [3.8, 4) is 5.75 Å². The molecule has 0 saturated heterocycles. The number of H-pyrrole nitrogens is 1. The monoisotopic (exact) mass is 302 g/mol. The fourth-order valence-electron chi connectivity index (χ4n) is 2.31. The van der Waals surface area contributed by atoms with Crippen molar-refractivity contribution in [3.05, 3.63) is 56.8 Å². The molecule has 1 aromatic heterocycles. The zero-order valence-electron chi connectivity index (χ0n) is 13.3. The van der Waals surface area contributed by atoms with Crippen LogP contribution in [0.3, 0.4) is 0 Å². The first-order valence-corrected chi connectivity index (χ1v) is 7.41. The van der Waals surface area contributed by atoms with Gasteiger partial charge in [0, 0.05) is 30.7 Å². The number of ether oxygens (including phenoxy) is 1. The molecule has 0 aliphatic heterocycles. The van der Waals surface area contributed by atoms with Gasteiger partial charge >= 0.3 is 0 Å². The third-order valence-corrected chi connectivity index (χ3v) is 3.57. The Labute approximate surface area is 130 Å². The molecule has 1 heterocycles. The number of aromatic nitrogens is 2. The van der Waals surface area contributed by atoms with E-state index in [1.807, 2.05) is 32.0 Å². The van der Waals surface area contributed by atoms with Crippen molar-refractivity contribution in [1.82, 2.24) is 9.97 Å². The number of aromatic amines is 1. The molecule has 5 nitrogen and oxygen atoms in total. The minimum Gasteiger partial charge on any atom is -0.493 e. The lowest BCUT2D eigenvalue weighted by atomic mass is 10.1. The summed E-state index contributed by atoms with van der Waals surface area (Å²) in [6.07, 6.45) is 0.857. The van der Waals surface area contributed by atoms with E-state index in [0.717, 1.165) is 16.9 Å². The van der Waals surface area contributed by atoms with Gasteiger partial charge in [-0.05, 0) is 38.0 Å². The van der Waals surface area contributed by atoms with Crippen LogP contribution in [0, 0.1) is 20.8 Å². The van der Waals surface area contributed by atoms with Crippen LogP contribution in [0.15, 0.2) is 23.0 Å². The van der Waals surface area contributed by atoms with E-state index < -0.39 is 0 Å². The topological polar surface area (TPSA) is 75.2 Å². The highest BCUT2D eigenvalue weighted by molar-refractivity contribution is 5.35. The second kappa shape index (κ2) is 7.22. The van der Waals surface area contributed by atoms with E-state index in [1.165, 1.54) is 0 Å². The van der Waals surface area contributed by atoms with Crippen molar-refractivity contribution in [2.24, 2.45) is 0 Å². The molecule has 118 valence electrons. The lowest BCUT2D eigenvalue weighted by molar-refractivity contribution is 0.298. The summed E-state index contributed by atoms with van der Waals surface area (Å²) < 4.78 is 5.78. The first-order valence-electron chi connectivity index (χ1n) is 7.41. The highest BCUT2D eigenvalue weighted by Gasteiger charge is 2.08. The smallest absolute Gasteiger partial charge is 0.254 e. The molecule has 0 fully saturated rings. The molecule has 0 amide bonds. The molecule has 0 unspecified atom stereocenters. The van der Waals surface area contributed by atoms with Crippen molar-refractivity contribution >= 4 is 0 Å². The second-order valence-electron chi connectivity index (χ2n) is 5.42. The van der Waals surface area contributed by atoms with Crippen LogP contribution in [-0.4, -0.2) is 28.3 Å². The zero-order valence-corrected chi connectivity index (χ0v) is 13.3. The fraction of sp³-hybridized carbons (Fsp3) is 0.412. The number of nitrogens with one attached hydrogen (secondary N) is 1. The number of aryl methyl sites for hydroxylation is 3. The summed E-state index contributed by atoms with van der Waals surface area (Å²) in [6, 6.07) is 6.07. The van der Waals surface area contributed by atoms with Crippen LogP contribution in [0.4, 0.5) is 0 Å². The molecule has 2 rings (SSSR count). The van der Waals surface area contributed by atoms with Crippen molar-refractivity contribution in [1.29, 1.82) is 0 Å². The molecule has 5 heteroatoms. The molecule has 0 spiro atoms. The number of hydrogen-bond acceptors (Lipinski definition) is 4. The standard InChI is InChI=1S/C17H22N2O3/c1-11-4-5-12(2)15(10-11)22-9-7-16-18-13(3)14(6-8-20)17(21)19-16/h4-5,10,20H,6-9H2,1-3H3,(H,18,19,21). The molecule has 0 bridgehead atoms. The Morgan fingerprint density at radius 3 is 2.68 bits per heavy atom. The molecule has 1 aromatic carbocycles. The molecule has 2 N–H and O–H groups in total. The van der Waals surface area contributed by atoms with Gasteiger partial charge in [-0.2, -0.15) is 0 Å². The number of benzene rings is 1. The third-order valence-electron chi connectivity index (χ3n) is 3.57. The molecule has 2 aromatic rings. The molecule has 0 atom stereocenters. The van der Waals surface area contributed by atoms with Gasteiger partial charge < -0.3 is 14.8 Å². The van der Waals surface area contributed by atoms with Gasteiger partial charge in [0.1, 0.15) is 11.6 Å². The Balaban J connectivity index is 2.03. The predicted octanol–water partition coefficient (Wildman–Crippen LogP) is 1.85. The Kier molecular flexibility index (Phi) is 5.33. The lowest BCUT2D eigenvalue weighted by Gasteiger charge is -2.10. The Morgan fingerprint density at radius 2 is 2.00 bits per heavy atom. The maximum Gasteiger partial charge on any atom is 0.254 e. The van der Waals surface area contributed by atoms with Gasteiger partial charge in [0.2, 0.25) is 0 Å². The largest absolute Gasteiger partial charge is 0.493 e. The minimum absolute atomic E-state index is 0.0549. The van der Waals surface area contributed by atoms with Crippen molar-refractivity contribution in [3.63, 3.8) is 0 Å². The molecule has 0 radical (unpaired) electrons. The van der Waals surface area contributed by atoms with E-state index in [9.17, 15) is 4.79 Å². The SMILES string of the molecule is Cc1ccc(C)c(OCCc2nc(C)c(CCO)c(=O)[nH]2)c1. The number of hydrogen-bond donors (Lipinski definition) is 2. The quantitative estimate of drug-likeness (QED) is 0.854. The van der Waals surface area contributed by atoms with E-state index >= 15 is 0 Å². The predicted molar refractivity (Wildman–Crippen MR) is 85.5 cm³/mol. The van der Waals surface area contributed by atoms with E-state index in [1.54, 1.807) is 6.92 Å². The summed E-state index contributed by atoms with van der Waals surface area (Å²) in [6.45, 7) is 6.21. The molecule has 22 heavy (non-hydrogen) atoms. The maximum atomic E-state index is 11.9. The molecule has 0 aliphatic rings. The average molecular weight is 302 g/mol. The minimum atomic E-state index is -0.178. The third kappa shape index (κ3) is 3.95. The number of aliphatic hydroxyl groups excluding tert-OH is 1. The van der Waals surface area contributed by atoms with Crippen LogP contribution in [0.5, 0.6) is 5.75 Å². The van der Waals surface area contributed by atoms with Crippen LogP contribution in [0.1, 0.15) is 28.2 Å². The van der Waals surface area contributed by atoms with Gasteiger partial charge in [-0.1, -0.05) is 12.1 Å². The zero-order chi connectivity index (χ0) is 16.1. The lowest BCUT2D eigenvalue weighted by Crippen LogP contribution is -2.21. The molecule has 0 saturated carbocycles. The van der Waals surface area contributed by atoms with E-state index in [2.05, 4.69) is 9.97 Å². The normalized spacial score (nSPS) is 10.7. The van der Waals surface area contributed by atoms with Crippen LogP contribution >= 0.6 is 0 Å². The molecule has 0 aliphatic carbocycles. The summed E-state index contributed by atoms with van der Waals surface area (Å²) in [7, 11) is 0. The Bertz CT molecular complexity index is 708. The Hall–Kier alpha value is -2.14. The van der Waals surface area contributed by atoms with Crippen LogP contribution < -0.4 is 10.3 Å². The van der Waals surface area contributed by atoms with Gasteiger partial charge in [-0.15, -0.1) is 0 Å². The first-order chi connectivity index (χ1) is 10.5. The number of rotatable bonds is 6. The van der Waals surface area contributed by atoms with E-state index in [0.29, 0.717) is 36.5 Å². The average Bonchev–Trinajstić information content (AvgIpc) is 2.46. The van der Waals surface area contributed by atoms with E-state index in [-0.39, 0.29) is 12.2 Å². The number of aliphatic hydroxyl groups is 1. The first kappa shape index (κ1) is 16.2. The fourth-order valence-corrected chi connectivity index (χ4v) is 2.31. The van der Waals surface area contributed by atoms with Gasteiger partial charge in [-0.3, -0.25) is 4.79 Å². The summed E-state index contributed by atoms with van der Waals surface area (Å²) in [4.78, 5) is 19.1. The summed E-state index contributed by atoms with van der Waals surface area (Å²) in [5, 5.41) is 8.95. The Morgan fingerprint density at radius 1 is 1.23 bits per heavy atom. The van der Waals surface area contributed by atoms with Gasteiger partial charge in [0.05, 0.1) is 6.61 Å². The van der Waals surface area contributed by atoms with Crippen molar-refractivity contribution < 1.29 is 9.84 Å².